The molecule has 97 heavy (non-hydrogen) atoms. The molecule has 23 N–H and O–H groups in total. The molecule has 0 radical (unpaired) electrons. The average Bonchev–Trinajstić information content (AvgIpc) is 0.788. The predicted octanol–water partition coefficient (Wildman–Crippen LogP) is -12.2. The van der Waals surface area contributed by atoms with Crippen molar-refractivity contribution in [2.24, 2.45) is 0 Å². The lowest BCUT2D eigenvalue weighted by atomic mass is 9.95. The van der Waals surface area contributed by atoms with Crippen molar-refractivity contribution in [2.75, 3.05) is 46.1 Å². The molecule has 15 saturated heterocycles. The predicted molar refractivity (Wildman–Crippen MR) is 307 cm³/mol. The quantitative estimate of drug-likeness (QED) is 0.132. The van der Waals surface area contributed by atoms with Gasteiger partial charge in [0, 0.05) is 26.2 Å². The smallest absolute Gasteiger partial charge is 0.315 e. The Kier molecular flexibility index (Phi) is 24.3. The number of urea groups is 2. The zero-order chi connectivity index (χ0) is 69.4. The Morgan fingerprint density at radius 3 is 0.701 bits per heavy atom. The summed E-state index contributed by atoms with van der Waals surface area (Å²) in [5.74, 6) is 0. The van der Waals surface area contributed by atoms with Crippen LogP contribution >= 0.6 is 0 Å². The molecule has 0 saturated carbocycles. The number of nitrogens with one attached hydrogen (secondary N) is 4. The third kappa shape index (κ3) is 15.6. The highest BCUT2D eigenvalue weighted by molar-refractivity contribution is 5.74. The summed E-state index contributed by atoms with van der Waals surface area (Å²) in [6, 6.07) is 12.2. The van der Waals surface area contributed by atoms with Crippen LogP contribution in [0, 0.1) is 0 Å². The SMILES string of the molecule is O=C1NCc2ccc(cc2)-c2ccc(cc2)CNC(=O)NC[C@H]2O[C@@H]3O[C@H]4C(O)C(O)[C@H](O[C@@H]4CO)O[C@H]4C(O)C(O)[C@H](O[C@@H]4CO)O[C@H]4C(O)C(O)[C@H](O[C@@H]4CO)O[C@H]4C(O)C(O)[C@H](O[C@@H]4CN1)O[C@H]1C(O)C(O)[C@H](O[C@@H]1CO)O[C@H]1C(O)C(O)[C@H](O[C@@H]1CO)O[C@H]2C(O)C3O. The molecule has 0 spiro atoms. The van der Waals surface area contributed by atoms with E-state index in [1.807, 2.05) is 0 Å². The van der Waals surface area contributed by atoms with E-state index in [9.17, 15) is 107 Å². The zero-order valence-corrected chi connectivity index (χ0v) is 51.2. The molecule has 39 nitrogen and oxygen atoms in total. The second kappa shape index (κ2) is 31.9. The molecule has 20 bridgehead atoms. The van der Waals surface area contributed by atoms with E-state index in [2.05, 4.69) is 21.3 Å². The van der Waals surface area contributed by atoms with Crippen molar-refractivity contribution >= 4 is 12.1 Å². The Labute approximate surface area is 549 Å². The van der Waals surface area contributed by atoms with Gasteiger partial charge in [-0.1, -0.05) is 48.5 Å². The highest BCUT2D eigenvalue weighted by Gasteiger charge is 2.60. The highest BCUT2D eigenvalue weighted by Crippen LogP contribution is 2.39. The molecule has 2 aromatic carbocycles. The molecule has 39 heteroatoms. The topological polar surface area (TPSA) is 596 Å². The summed E-state index contributed by atoms with van der Waals surface area (Å²) in [4.78, 5) is 27.2. The van der Waals surface area contributed by atoms with Gasteiger partial charge in [0.2, 0.25) is 0 Å². The maximum Gasteiger partial charge on any atom is 0.315 e. The zero-order valence-electron chi connectivity index (χ0n) is 51.2. The Balaban J connectivity index is 0.959. The maximum absolute atomic E-state index is 13.6. The van der Waals surface area contributed by atoms with E-state index in [4.69, 9.17) is 66.3 Å². The molecule has 2 aromatic rings. The number of benzene rings is 2. The van der Waals surface area contributed by atoms with Gasteiger partial charge in [-0.15, -0.1) is 0 Å². The largest absolute Gasteiger partial charge is 0.394 e. The van der Waals surface area contributed by atoms with Crippen LogP contribution in [0.5, 0.6) is 0 Å². The van der Waals surface area contributed by atoms with Crippen LogP contribution in [0.3, 0.4) is 0 Å². The van der Waals surface area contributed by atoms with Crippen LogP contribution in [-0.2, 0) is 79.4 Å². The van der Waals surface area contributed by atoms with Crippen molar-refractivity contribution in [1.29, 1.82) is 0 Å². The molecule has 4 amide bonds. The molecule has 0 aromatic heterocycles. The van der Waals surface area contributed by atoms with Gasteiger partial charge in [0.15, 0.2) is 44.0 Å². The van der Waals surface area contributed by atoms with Crippen molar-refractivity contribution in [3.63, 3.8) is 0 Å². The van der Waals surface area contributed by atoms with E-state index >= 15 is 0 Å². The summed E-state index contributed by atoms with van der Waals surface area (Å²) in [7, 11) is 0. The molecule has 15 fully saturated rings. The lowest BCUT2D eigenvalue weighted by Crippen LogP contribution is -2.68. The monoisotopic (exact) mass is 1400 g/mol. The number of ether oxygens (including phenoxy) is 14. The molecule has 21 heterocycles. The number of carbonyl (C=O) groups is 2. The van der Waals surface area contributed by atoms with Gasteiger partial charge in [-0.3, -0.25) is 0 Å². The molecule has 21 aliphatic heterocycles. The number of aliphatic hydroxyl groups excluding tert-OH is 19. The van der Waals surface area contributed by atoms with Crippen LogP contribution in [0.25, 0.3) is 11.1 Å². The summed E-state index contributed by atoms with van der Waals surface area (Å²) in [5, 5.41) is 227. The van der Waals surface area contributed by atoms with E-state index in [0.29, 0.717) is 11.1 Å². The van der Waals surface area contributed by atoms with Crippen molar-refractivity contribution in [3.05, 3.63) is 59.7 Å². The van der Waals surface area contributed by atoms with Gasteiger partial charge in [-0.2, -0.15) is 0 Å². The van der Waals surface area contributed by atoms with Gasteiger partial charge >= 0.3 is 12.1 Å². The van der Waals surface area contributed by atoms with Gasteiger partial charge in [0.1, 0.15) is 171 Å². The molecular formula is C58H84N4O35. The number of rotatable bonds is 5. The maximum atomic E-state index is 13.6. The standard InChI is InChI=1S/C58H84N4O35/c63-13-24-45-33(72)40(79)54(88-24)95-47-26(15-65)86-52(38(77)31(47)70)91-43-22-11-61-57(82)59-9-18-1-5-20(6-2-18)21-7-3-19(4-8-21)10-60-58(83)62-12-23-44(29(68)36(75)50(84-23)93-45)92-53-39(78)32(71)48(27(16-66)87-53)96-56-42(81)35(74)49(28(17-67)90-56)97-55-41(80)34(73)46(25(14-64)89-55)94-51(85-22)37(76)30(43)69/h1-8,22-56,63-81H,9-17H2,(H2,59,61,82)(H2,60,62,83)/t22-,23-,24-,25-,26-,27-,28-,29?,30?,31?,32?,33?,34?,35?,36?,37?,38?,39?,40?,41?,42?,43-,44-,45-,46-,47-,48-,49-,50-,51-,52-,53-,54-,55-,56-/m1/s1. The number of hydrogen-bond acceptors (Lipinski definition) is 35. The fraction of sp³-hybridized carbons (Fsp3) is 0.759. The second-order valence-electron chi connectivity index (χ2n) is 24.8. The van der Waals surface area contributed by atoms with Crippen molar-refractivity contribution in [2.45, 2.75) is 228 Å². The van der Waals surface area contributed by atoms with Crippen molar-refractivity contribution in [3.8, 4) is 11.1 Å². The number of hydrogen-bond donors (Lipinski definition) is 23. The fourth-order valence-corrected chi connectivity index (χ4v) is 13.0. The normalized spacial score (nSPS) is 47.5. The van der Waals surface area contributed by atoms with Gasteiger partial charge in [0.25, 0.3) is 0 Å². The third-order valence-electron chi connectivity index (χ3n) is 18.5. The minimum atomic E-state index is -2.27. The van der Waals surface area contributed by atoms with Gasteiger partial charge in [0.05, 0.1) is 33.0 Å². The minimum Gasteiger partial charge on any atom is -0.394 e. The number of amides is 4. The van der Waals surface area contributed by atoms with E-state index < -0.39 is 273 Å². The Bertz CT molecular complexity index is 2850. The minimum absolute atomic E-state index is 0.0731. The Morgan fingerprint density at radius 2 is 0.474 bits per heavy atom. The molecule has 0 aliphatic carbocycles. The second-order valence-corrected chi connectivity index (χ2v) is 24.8. The number of fused-ring (bicyclic) bond motifs is 5. The van der Waals surface area contributed by atoms with E-state index in [1.165, 1.54) is 0 Å². The molecule has 21 aliphatic rings. The lowest BCUT2D eigenvalue weighted by molar-refractivity contribution is -0.395. The van der Waals surface area contributed by atoms with Gasteiger partial charge in [-0.05, 0) is 22.3 Å². The molecule has 23 rings (SSSR count). The first-order valence-corrected chi connectivity index (χ1v) is 31.4. The van der Waals surface area contributed by atoms with Crippen LogP contribution in [0.2, 0.25) is 0 Å². The highest BCUT2D eigenvalue weighted by atomic mass is 16.8. The first-order chi connectivity index (χ1) is 46.4. The van der Waals surface area contributed by atoms with E-state index in [1.54, 1.807) is 48.5 Å². The Morgan fingerprint density at radius 1 is 0.268 bits per heavy atom. The summed E-state index contributed by atoms with van der Waals surface area (Å²) >= 11 is 0. The van der Waals surface area contributed by atoms with Crippen LogP contribution < -0.4 is 21.3 Å². The van der Waals surface area contributed by atoms with E-state index in [-0.39, 0.29) is 13.1 Å². The molecule has 35 atom stereocenters. The number of carbonyl (C=O) groups excluding carboxylic acids is 2. The van der Waals surface area contributed by atoms with Crippen LogP contribution in [-0.4, -0.2) is 370 Å². The first kappa shape index (κ1) is 73.9. The van der Waals surface area contributed by atoms with Crippen molar-refractivity contribution < 1.29 is 173 Å². The summed E-state index contributed by atoms with van der Waals surface area (Å²) < 4.78 is 82.7. The molecule has 546 valence electrons. The summed E-state index contributed by atoms with van der Waals surface area (Å²) in [6.07, 6.45) is -72.1. The third-order valence-corrected chi connectivity index (χ3v) is 18.5. The van der Waals surface area contributed by atoms with Gasteiger partial charge in [-0.25, -0.2) is 9.59 Å². The summed E-state index contributed by atoms with van der Waals surface area (Å²) in [5.41, 5.74) is 2.70. The van der Waals surface area contributed by atoms with Crippen LogP contribution in [0.1, 0.15) is 11.1 Å². The Hall–Kier alpha value is -4.34. The average molecular weight is 1400 g/mol. The van der Waals surface area contributed by atoms with E-state index in [0.717, 1.165) is 11.1 Å². The van der Waals surface area contributed by atoms with Crippen LogP contribution in [0.15, 0.2) is 48.5 Å². The van der Waals surface area contributed by atoms with Crippen LogP contribution in [0.4, 0.5) is 9.59 Å². The first-order valence-electron chi connectivity index (χ1n) is 31.4. The van der Waals surface area contributed by atoms with Gasteiger partial charge < -0.3 is 185 Å². The summed E-state index contributed by atoms with van der Waals surface area (Å²) in [6.45, 7) is -6.90. The molecular weight excluding hydrogens is 1310 g/mol. The lowest BCUT2D eigenvalue weighted by Gasteiger charge is -2.50. The number of aliphatic hydroxyl groups is 19. The molecule has 14 unspecified atom stereocenters. The van der Waals surface area contributed by atoms with Crippen molar-refractivity contribution in [1.82, 2.24) is 21.3 Å². The fourth-order valence-electron chi connectivity index (χ4n) is 13.0.